The zero-order valence-electron chi connectivity index (χ0n) is 16.9. The summed E-state index contributed by atoms with van der Waals surface area (Å²) in [5.41, 5.74) is -3.57. The van der Waals surface area contributed by atoms with Gasteiger partial charge in [-0.1, -0.05) is 35.3 Å². The second-order valence-electron chi connectivity index (χ2n) is 7.15. The summed E-state index contributed by atoms with van der Waals surface area (Å²) in [5.74, 6) is -3.05. The normalized spacial score (nSPS) is 12.5. The second-order valence-corrected chi connectivity index (χ2v) is 8.12. The molecule has 1 atom stereocenters. The van der Waals surface area contributed by atoms with Gasteiger partial charge >= 0.3 is 6.18 Å². The van der Waals surface area contributed by atoms with Gasteiger partial charge in [0, 0.05) is 24.1 Å². The second kappa shape index (κ2) is 9.44. The smallest absolute Gasteiger partial charge is 0.416 e. The van der Waals surface area contributed by atoms with Crippen LogP contribution < -0.4 is 10.9 Å². The first-order valence-electron chi connectivity index (χ1n) is 9.37. The first-order chi connectivity index (χ1) is 15.4. The van der Waals surface area contributed by atoms with Crippen LogP contribution in [0.5, 0.6) is 5.75 Å². The van der Waals surface area contributed by atoms with Crippen molar-refractivity contribution in [3.63, 3.8) is 0 Å². The minimum absolute atomic E-state index is 0.182. The van der Waals surface area contributed by atoms with Crippen molar-refractivity contribution in [1.82, 2.24) is 9.88 Å². The summed E-state index contributed by atoms with van der Waals surface area (Å²) >= 11 is 12.0. The average Bonchev–Trinajstić information content (AvgIpc) is 2.72. The summed E-state index contributed by atoms with van der Waals surface area (Å²) < 4.78 is 54.0. The number of alkyl halides is 4. The van der Waals surface area contributed by atoms with E-state index in [1.54, 1.807) is 24.3 Å². The van der Waals surface area contributed by atoms with Gasteiger partial charge in [-0.2, -0.15) is 13.2 Å². The largest absolute Gasteiger partial charge is 0.502 e. The number of carbonyl (C=O) groups excluding carboxylic acids is 1. The van der Waals surface area contributed by atoms with Crippen LogP contribution >= 0.6 is 23.2 Å². The Kier molecular flexibility index (Phi) is 7.04. The number of amides is 1. The number of halogens is 6. The van der Waals surface area contributed by atoms with E-state index in [1.807, 2.05) is 0 Å². The lowest BCUT2D eigenvalue weighted by Crippen LogP contribution is -2.34. The third-order valence-electron chi connectivity index (χ3n) is 4.79. The van der Waals surface area contributed by atoms with Crippen molar-refractivity contribution in [1.29, 1.82) is 0 Å². The first kappa shape index (κ1) is 24.6. The van der Waals surface area contributed by atoms with Crippen molar-refractivity contribution < 1.29 is 27.5 Å². The third kappa shape index (κ3) is 5.66. The number of hydrogen-bond acceptors (Lipinski definition) is 3. The van der Waals surface area contributed by atoms with Crippen LogP contribution in [0.15, 0.2) is 53.3 Å². The molecule has 3 aromatic rings. The standard InChI is InChI=1S/C22H16Cl2F4N2O3/c1-30-17(12-7-13(22(26,27)28)9-15(25)8-12)10-16(19(31)21(30)33)20(32)29-18(24)6-11-2-4-14(23)5-3-11/h2-5,7-10,18,31H,6H2,1H3,(H,29,32). The maximum atomic E-state index is 13.9. The number of nitrogens with zero attached hydrogens (tertiary/aromatic N) is 1. The molecule has 0 bridgehead atoms. The molecule has 5 nitrogen and oxygen atoms in total. The summed E-state index contributed by atoms with van der Waals surface area (Å²) in [5, 5.41) is 13.1. The molecule has 0 aliphatic rings. The number of hydrogen-bond donors (Lipinski definition) is 2. The van der Waals surface area contributed by atoms with Gasteiger partial charge in [-0.3, -0.25) is 9.59 Å². The maximum Gasteiger partial charge on any atom is 0.416 e. The van der Waals surface area contributed by atoms with Crippen molar-refractivity contribution in [3.05, 3.63) is 86.4 Å². The Labute approximate surface area is 195 Å². The highest BCUT2D eigenvalue weighted by atomic mass is 35.5. The van der Waals surface area contributed by atoms with Crippen LogP contribution in [0.3, 0.4) is 0 Å². The van der Waals surface area contributed by atoms with E-state index in [1.165, 1.54) is 7.05 Å². The van der Waals surface area contributed by atoms with Crippen LogP contribution in [0.1, 0.15) is 21.5 Å². The summed E-state index contributed by atoms with van der Waals surface area (Å²) in [6.07, 6.45) is -4.65. The van der Waals surface area contributed by atoms with Gasteiger partial charge in [-0.05, 0) is 42.0 Å². The Bertz CT molecular complexity index is 1260. The lowest BCUT2D eigenvalue weighted by molar-refractivity contribution is -0.137. The zero-order chi connectivity index (χ0) is 24.5. The van der Waals surface area contributed by atoms with Gasteiger partial charge in [0.25, 0.3) is 11.5 Å². The highest BCUT2D eigenvalue weighted by Crippen LogP contribution is 2.33. The number of pyridine rings is 1. The lowest BCUT2D eigenvalue weighted by atomic mass is 10.0. The fourth-order valence-corrected chi connectivity index (χ4v) is 3.54. The van der Waals surface area contributed by atoms with E-state index in [-0.39, 0.29) is 17.7 Å². The maximum absolute atomic E-state index is 13.9. The topological polar surface area (TPSA) is 71.3 Å². The molecule has 1 unspecified atom stereocenters. The molecule has 0 saturated heterocycles. The van der Waals surface area contributed by atoms with E-state index in [9.17, 15) is 32.3 Å². The van der Waals surface area contributed by atoms with Crippen molar-refractivity contribution >= 4 is 29.1 Å². The zero-order valence-corrected chi connectivity index (χ0v) is 18.4. The number of aromatic nitrogens is 1. The fourth-order valence-electron chi connectivity index (χ4n) is 3.14. The van der Waals surface area contributed by atoms with E-state index >= 15 is 0 Å². The van der Waals surface area contributed by atoms with Crippen molar-refractivity contribution in [2.24, 2.45) is 7.05 Å². The summed E-state index contributed by atoms with van der Waals surface area (Å²) in [6, 6.07) is 9.39. The molecule has 1 heterocycles. The molecular weight excluding hydrogens is 487 g/mol. The number of benzene rings is 2. The minimum Gasteiger partial charge on any atom is -0.502 e. The Morgan fingerprint density at radius 1 is 1.15 bits per heavy atom. The number of rotatable bonds is 5. The lowest BCUT2D eigenvalue weighted by Gasteiger charge is -2.16. The van der Waals surface area contributed by atoms with Gasteiger partial charge in [-0.15, -0.1) is 0 Å². The highest BCUT2D eigenvalue weighted by molar-refractivity contribution is 6.30. The molecule has 3 rings (SSSR count). The quantitative estimate of drug-likeness (QED) is 0.289. The summed E-state index contributed by atoms with van der Waals surface area (Å²) in [4.78, 5) is 25.1. The van der Waals surface area contributed by atoms with Gasteiger partial charge < -0.3 is 15.0 Å². The van der Waals surface area contributed by atoms with Crippen molar-refractivity contribution in [2.45, 2.75) is 18.1 Å². The first-order valence-corrected chi connectivity index (χ1v) is 10.2. The molecular formula is C22H16Cl2F4N2O3. The van der Waals surface area contributed by atoms with Gasteiger partial charge in [0.05, 0.1) is 16.8 Å². The molecule has 174 valence electrons. The van der Waals surface area contributed by atoms with Crippen LogP contribution in [0, 0.1) is 5.82 Å². The molecule has 1 aromatic heterocycles. The third-order valence-corrected chi connectivity index (χ3v) is 5.30. The number of nitrogens with one attached hydrogen (secondary N) is 1. The van der Waals surface area contributed by atoms with E-state index in [0.29, 0.717) is 17.2 Å². The molecule has 2 N–H and O–H groups in total. The molecule has 11 heteroatoms. The molecule has 1 amide bonds. The Balaban J connectivity index is 1.96. The van der Waals surface area contributed by atoms with E-state index < -0.39 is 45.8 Å². The number of aromatic hydroxyl groups is 1. The van der Waals surface area contributed by atoms with Crippen LogP contribution in [0.25, 0.3) is 11.3 Å². The van der Waals surface area contributed by atoms with Crippen LogP contribution in [0.4, 0.5) is 17.6 Å². The van der Waals surface area contributed by atoms with E-state index in [2.05, 4.69) is 5.32 Å². The van der Waals surface area contributed by atoms with Gasteiger partial charge in [0.15, 0.2) is 5.75 Å². The van der Waals surface area contributed by atoms with E-state index in [4.69, 9.17) is 23.2 Å². The molecule has 0 fully saturated rings. The monoisotopic (exact) mass is 502 g/mol. The van der Waals surface area contributed by atoms with Crippen LogP contribution in [-0.2, 0) is 19.6 Å². The van der Waals surface area contributed by atoms with Gasteiger partial charge in [-0.25, -0.2) is 4.39 Å². The Hall–Kier alpha value is -3.04. The molecule has 0 aliphatic carbocycles. The Morgan fingerprint density at radius 3 is 2.39 bits per heavy atom. The van der Waals surface area contributed by atoms with Gasteiger partial charge in [0.2, 0.25) is 0 Å². The van der Waals surface area contributed by atoms with E-state index in [0.717, 1.165) is 22.3 Å². The van der Waals surface area contributed by atoms with Crippen molar-refractivity contribution in [3.8, 4) is 17.0 Å². The molecule has 0 saturated carbocycles. The SMILES string of the molecule is Cn1c(-c2cc(F)cc(C(F)(F)F)c2)cc(C(=O)NC(Cl)Cc2ccc(Cl)cc2)c(O)c1=O. The highest BCUT2D eigenvalue weighted by Gasteiger charge is 2.32. The number of carbonyl (C=O) groups is 1. The minimum atomic E-state index is -4.83. The fraction of sp³-hybridized carbons (Fsp3) is 0.182. The average molecular weight is 503 g/mol. The van der Waals surface area contributed by atoms with Crippen LogP contribution in [0.2, 0.25) is 5.02 Å². The van der Waals surface area contributed by atoms with Crippen molar-refractivity contribution in [2.75, 3.05) is 0 Å². The van der Waals surface area contributed by atoms with Crippen LogP contribution in [-0.4, -0.2) is 21.1 Å². The molecule has 0 radical (unpaired) electrons. The molecule has 33 heavy (non-hydrogen) atoms. The predicted molar refractivity (Wildman–Crippen MR) is 116 cm³/mol. The predicted octanol–water partition coefficient (Wildman–Crippen LogP) is 5.11. The molecule has 0 aliphatic heterocycles. The molecule has 0 spiro atoms. The van der Waals surface area contributed by atoms with Gasteiger partial charge in [0.1, 0.15) is 11.3 Å². The summed E-state index contributed by atoms with van der Waals surface area (Å²) in [6.45, 7) is 0. The summed E-state index contributed by atoms with van der Waals surface area (Å²) in [7, 11) is 1.17. The molecule has 2 aromatic carbocycles. The Morgan fingerprint density at radius 2 is 1.79 bits per heavy atom.